The van der Waals surface area contributed by atoms with Gasteiger partial charge in [0.15, 0.2) is 0 Å². The van der Waals surface area contributed by atoms with E-state index in [2.05, 4.69) is 99.6 Å². The maximum absolute atomic E-state index is 4.63. The van der Waals surface area contributed by atoms with Gasteiger partial charge in [-0.25, -0.2) is 9.97 Å². The summed E-state index contributed by atoms with van der Waals surface area (Å²) in [5, 5.41) is 11.6. The van der Waals surface area contributed by atoms with Crippen molar-refractivity contribution in [3.05, 3.63) is 71.3 Å². The zero-order chi connectivity index (χ0) is 29.9. The molecule has 3 aromatic heterocycles. The van der Waals surface area contributed by atoms with Crippen molar-refractivity contribution >= 4 is 58.8 Å². The number of nitrogens with zero attached hydrogens (tertiary/aromatic N) is 2. The van der Waals surface area contributed by atoms with Gasteiger partial charge in [0, 0.05) is 22.1 Å². The molecule has 8 bridgehead atoms. The smallest absolute Gasteiger partial charge is 0.147 e. The number of halogens is 1. The van der Waals surface area contributed by atoms with Crippen molar-refractivity contribution in [2.45, 2.75) is 97.9 Å². The molecular formula is C36H55ClMnN4. The largest absolute Gasteiger partial charge is 0.147 e. The van der Waals surface area contributed by atoms with E-state index in [0.29, 0.717) is 0 Å². The van der Waals surface area contributed by atoms with E-state index in [1.165, 1.54) is 42.6 Å². The zero-order valence-corrected chi connectivity index (χ0v) is 29.3. The van der Waals surface area contributed by atoms with Crippen LogP contribution in [0.3, 0.4) is 0 Å². The Morgan fingerprint density at radius 1 is 0.429 bits per heavy atom. The summed E-state index contributed by atoms with van der Waals surface area (Å²) in [6, 6.07) is 16.4. The van der Waals surface area contributed by atoms with E-state index in [0.717, 1.165) is 44.8 Å². The quantitative estimate of drug-likeness (QED) is 0.167. The second kappa shape index (κ2) is 9.97. The zero-order valence-electron chi connectivity index (χ0n) is 27.3. The van der Waals surface area contributed by atoms with Crippen LogP contribution in [0.4, 0.5) is 0 Å². The Bertz CT molecular complexity index is 1440. The van der Waals surface area contributed by atoms with Crippen LogP contribution >= 0.6 is 12.4 Å². The topological polar surface area (TPSA) is 57.4 Å². The summed E-state index contributed by atoms with van der Waals surface area (Å²) >= 11 is 0. The van der Waals surface area contributed by atoms with Gasteiger partial charge in [0.1, 0.15) is 0 Å². The molecule has 5 rings (SSSR count). The number of aromatic amines is 2. The monoisotopic (exact) mass is 633 g/mol. The average Bonchev–Trinajstić information content (AvgIpc) is 3.85. The fourth-order valence-corrected chi connectivity index (χ4v) is 24.8. The van der Waals surface area contributed by atoms with E-state index >= 15 is 0 Å². The summed E-state index contributed by atoms with van der Waals surface area (Å²) in [5.74, 6) is 0. The number of hydrogen-bond acceptors (Lipinski definition) is 2. The minimum absolute atomic E-state index is 0. The first-order valence-electron chi connectivity index (χ1n) is 15.6. The minimum Gasteiger partial charge on any atom is -0.147 e. The Hall–Kier alpha value is -2.59. The maximum Gasteiger partial charge on any atom is -0.147 e. The number of H-pyrrole nitrogens is 2. The number of aromatic nitrogens is 4. The third kappa shape index (κ3) is 4.46. The molecule has 0 unspecified atom stereocenters. The molecule has 0 spiro atoms. The van der Waals surface area contributed by atoms with Crippen molar-refractivity contribution in [2.75, 3.05) is 0 Å². The van der Waals surface area contributed by atoms with Crippen LogP contribution < -0.4 is 0 Å². The molecule has 0 atom stereocenters. The van der Waals surface area contributed by atoms with Crippen LogP contribution in [0.25, 0.3) is 46.4 Å². The fourth-order valence-electron chi connectivity index (χ4n) is 8.23. The van der Waals surface area contributed by atoms with Crippen LogP contribution in [0.15, 0.2) is 48.5 Å². The first kappa shape index (κ1) is 33.9. The minimum atomic E-state index is -3.44. The molecule has 6 heteroatoms. The van der Waals surface area contributed by atoms with Gasteiger partial charge in [-0.2, -0.15) is 0 Å². The molecule has 233 valence electrons. The van der Waals surface area contributed by atoms with Gasteiger partial charge in [-0.15, -0.1) is 12.4 Å². The second-order valence-corrected chi connectivity index (χ2v) is 36.5. The normalized spacial score (nSPS) is 16.2. The van der Waals surface area contributed by atoms with E-state index < -0.39 is 8.62 Å². The van der Waals surface area contributed by atoms with Crippen LogP contribution in [0.1, 0.15) is 78.2 Å². The van der Waals surface area contributed by atoms with E-state index in [4.69, 9.17) is 0 Å². The van der Waals surface area contributed by atoms with Crippen molar-refractivity contribution in [3.8, 4) is 0 Å². The molecule has 0 amide bonds. The Morgan fingerprint density at radius 2 is 0.643 bits per heavy atom. The van der Waals surface area contributed by atoms with Gasteiger partial charge >= 0.3 is 107 Å². The van der Waals surface area contributed by atoms with Gasteiger partial charge in [-0.1, -0.05) is 0 Å². The molecule has 42 heavy (non-hydrogen) atoms. The molecule has 2 aliphatic rings. The number of hydrogen-bond donors (Lipinski definition) is 2. The average molecular weight is 634 g/mol. The van der Waals surface area contributed by atoms with Gasteiger partial charge < -0.3 is 9.97 Å². The molecule has 5 heterocycles. The Kier molecular flexibility index (Phi) is 8.05. The Morgan fingerprint density at radius 3 is 0.810 bits per heavy atom. The number of rotatable bonds is 8. The van der Waals surface area contributed by atoms with Crippen molar-refractivity contribution in [3.63, 3.8) is 0 Å². The van der Waals surface area contributed by atoms with Crippen LogP contribution in [0, 0.1) is 0 Å². The molecule has 2 aliphatic heterocycles. The first-order chi connectivity index (χ1) is 19.5. The van der Waals surface area contributed by atoms with E-state index in [-0.39, 0.29) is 12.4 Å². The molecule has 3 aromatic rings. The van der Waals surface area contributed by atoms with E-state index in [1.807, 2.05) is 48.6 Å². The van der Waals surface area contributed by atoms with Crippen LogP contribution in [-0.2, 0) is 8.62 Å². The van der Waals surface area contributed by atoms with Crippen LogP contribution in [0.2, 0.25) is 42.6 Å². The van der Waals surface area contributed by atoms with Gasteiger partial charge in [-0.05, 0) is 72.8 Å². The summed E-state index contributed by atoms with van der Waals surface area (Å²) < 4.78 is 0. The summed E-state index contributed by atoms with van der Waals surface area (Å²) in [5.41, 5.74) is 7.86. The Labute approximate surface area is 255 Å². The van der Waals surface area contributed by atoms with E-state index in [1.54, 1.807) is 0 Å². The van der Waals surface area contributed by atoms with Gasteiger partial charge in [0.05, 0.1) is 22.8 Å². The second-order valence-electron chi connectivity index (χ2n) is 13.3. The number of fused-ring (bicyclic) bond motifs is 8. The van der Waals surface area contributed by atoms with Gasteiger partial charge in [-0.3, -0.25) is 0 Å². The third-order valence-electron chi connectivity index (χ3n) is 14.6. The molecule has 2 N–H and O–H groups in total. The van der Waals surface area contributed by atoms with Gasteiger partial charge in [0.25, 0.3) is 0 Å². The molecule has 4 nitrogen and oxygen atoms in total. The van der Waals surface area contributed by atoms with Crippen molar-refractivity contribution in [1.29, 1.82) is 0 Å². The summed E-state index contributed by atoms with van der Waals surface area (Å²) in [6.45, 7) is 20.2. The third-order valence-corrected chi connectivity index (χ3v) is 47.7. The predicted molar refractivity (Wildman–Crippen MR) is 190 cm³/mol. The number of nitrogens with one attached hydrogen (secondary N) is 2. The van der Waals surface area contributed by atoms with Crippen LogP contribution in [-0.4, -0.2) is 19.9 Å². The van der Waals surface area contributed by atoms with Crippen molar-refractivity contribution in [1.82, 2.24) is 19.9 Å². The molecule has 0 saturated heterocycles. The van der Waals surface area contributed by atoms with Crippen LogP contribution in [0.5, 0.6) is 0 Å². The SMILES string of the molecule is C1=Cc2cc3ccc(cc4nc(cc5ccc(cc1n2)[nH]5)C=C4)[nH]3.C[CH2][Mn]([CH2]C)([CH2]C)([CH2]C)([CH2]C)([CH2]C)([CH2]C)[CH2]C.Cl. The Balaban J connectivity index is 0.000000242. The summed E-state index contributed by atoms with van der Waals surface area (Å²) in [4.78, 5) is 16.0. The fraction of sp³-hybridized carbons (Fsp3) is 0.444. The molecule has 0 fully saturated rings. The molecule has 0 aliphatic carbocycles. The summed E-state index contributed by atoms with van der Waals surface area (Å²) in [6.07, 6.45) is 8.09. The predicted octanol–water partition coefficient (Wildman–Crippen LogP) is 12.9. The van der Waals surface area contributed by atoms with Crippen molar-refractivity contribution < 1.29 is 8.62 Å². The first-order valence-corrected chi connectivity index (χ1v) is 22.3. The molecule has 0 saturated carbocycles. The standard InChI is InChI=1S/C20H14N4.8C2H5.ClH.Mn/c1-2-14-10-16-5-6-18(23-16)12-20-8-7-19(24-20)11-17-4-3-15(22-17)9-13(1)21-14;8*1-2;;/h1-12,21,24H;8*1H2,2H3;1H;. The van der Waals surface area contributed by atoms with Crippen molar-refractivity contribution in [2.24, 2.45) is 0 Å². The maximum atomic E-state index is 4.63. The molecule has 0 aromatic carbocycles. The van der Waals surface area contributed by atoms with Gasteiger partial charge in [0.2, 0.25) is 0 Å². The summed E-state index contributed by atoms with van der Waals surface area (Å²) in [7, 11) is -3.44. The molecule has 0 radical (unpaired) electrons. The molecular weight excluding hydrogens is 579 g/mol. The van der Waals surface area contributed by atoms with E-state index in [9.17, 15) is 0 Å².